The minimum atomic E-state index is -0.562. The molecule has 7 heteroatoms. The average molecular weight is 395 g/mol. The molecule has 1 fully saturated rings. The summed E-state index contributed by atoms with van der Waals surface area (Å²) in [7, 11) is 0. The molecule has 0 spiro atoms. The van der Waals surface area contributed by atoms with E-state index in [2.05, 4.69) is 10.3 Å². The Morgan fingerprint density at radius 2 is 2.03 bits per heavy atom. The van der Waals surface area contributed by atoms with E-state index in [0.29, 0.717) is 31.8 Å². The van der Waals surface area contributed by atoms with Gasteiger partial charge in [0.2, 0.25) is 5.91 Å². The molecule has 2 aromatic carbocycles. The number of hydrogen-bond acceptors (Lipinski definition) is 3. The Morgan fingerprint density at radius 3 is 2.79 bits per heavy atom. The Balaban J connectivity index is 1.41. The van der Waals surface area contributed by atoms with E-state index in [1.807, 2.05) is 25.1 Å². The average Bonchev–Trinajstić information content (AvgIpc) is 3.28. The van der Waals surface area contributed by atoms with E-state index in [-0.39, 0.29) is 17.6 Å². The number of likely N-dealkylation sites (tertiary alicyclic amines) is 1. The lowest BCUT2D eigenvalue weighted by molar-refractivity contribution is -0.129. The molecule has 6 nitrogen and oxygen atoms in total. The number of rotatable bonds is 6. The lowest BCUT2D eigenvalue weighted by atomic mass is 10.2. The van der Waals surface area contributed by atoms with E-state index in [1.54, 1.807) is 23.1 Å². The van der Waals surface area contributed by atoms with Gasteiger partial charge < -0.3 is 19.9 Å². The van der Waals surface area contributed by atoms with Gasteiger partial charge in [0.25, 0.3) is 5.91 Å². The molecular formula is C22H22FN3O3. The van der Waals surface area contributed by atoms with E-state index in [1.165, 1.54) is 12.1 Å². The predicted octanol–water partition coefficient (Wildman–Crippen LogP) is 3.24. The summed E-state index contributed by atoms with van der Waals surface area (Å²) in [5, 5.41) is 3.72. The van der Waals surface area contributed by atoms with Gasteiger partial charge in [0, 0.05) is 30.1 Å². The highest BCUT2D eigenvalue weighted by Gasteiger charge is 2.33. The van der Waals surface area contributed by atoms with E-state index in [0.717, 1.165) is 22.2 Å². The van der Waals surface area contributed by atoms with E-state index >= 15 is 0 Å². The number of nitrogens with zero attached hydrogens (tertiary/aromatic N) is 1. The molecule has 4 rings (SSSR count). The van der Waals surface area contributed by atoms with Crippen LogP contribution in [0.1, 0.15) is 29.4 Å². The van der Waals surface area contributed by atoms with E-state index < -0.39 is 6.04 Å². The Kier molecular flexibility index (Phi) is 5.20. The van der Waals surface area contributed by atoms with Crippen LogP contribution in [-0.2, 0) is 11.3 Å². The fourth-order valence-corrected chi connectivity index (χ4v) is 3.56. The monoisotopic (exact) mass is 395 g/mol. The van der Waals surface area contributed by atoms with Crippen molar-refractivity contribution in [2.45, 2.75) is 25.9 Å². The van der Waals surface area contributed by atoms with E-state index in [4.69, 9.17) is 4.74 Å². The van der Waals surface area contributed by atoms with Crippen molar-refractivity contribution in [2.75, 3.05) is 13.2 Å². The van der Waals surface area contributed by atoms with Crippen molar-refractivity contribution >= 4 is 22.7 Å². The summed E-state index contributed by atoms with van der Waals surface area (Å²) in [6, 6.07) is 12.9. The van der Waals surface area contributed by atoms with Gasteiger partial charge in [-0.1, -0.05) is 12.1 Å². The third-order valence-corrected chi connectivity index (χ3v) is 5.04. The second kappa shape index (κ2) is 7.95. The van der Waals surface area contributed by atoms with Crippen molar-refractivity contribution in [2.24, 2.45) is 0 Å². The number of aromatic nitrogens is 1. The van der Waals surface area contributed by atoms with E-state index in [9.17, 15) is 14.0 Å². The predicted molar refractivity (Wildman–Crippen MR) is 107 cm³/mol. The number of carbonyl (C=O) groups excluding carboxylic acids is 2. The molecule has 1 aliphatic heterocycles. The van der Waals surface area contributed by atoms with Crippen LogP contribution in [0.15, 0.2) is 48.5 Å². The first-order valence-corrected chi connectivity index (χ1v) is 9.63. The quantitative estimate of drug-likeness (QED) is 0.673. The van der Waals surface area contributed by atoms with Crippen LogP contribution in [0.5, 0.6) is 5.75 Å². The largest absolute Gasteiger partial charge is 0.494 e. The molecule has 0 radical (unpaired) electrons. The van der Waals surface area contributed by atoms with Crippen molar-refractivity contribution in [3.8, 4) is 5.75 Å². The molecular weight excluding hydrogens is 373 g/mol. The van der Waals surface area contributed by atoms with Gasteiger partial charge in [-0.05, 0) is 49.2 Å². The zero-order valence-electron chi connectivity index (χ0n) is 16.1. The summed E-state index contributed by atoms with van der Waals surface area (Å²) < 4.78 is 18.5. The number of hydrogen-bond donors (Lipinski definition) is 2. The lowest BCUT2D eigenvalue weighted by Gasteiger charge is -2.17. The van der Waals surface area contributed by atoms with Gasteiger partial charge in [0.05, 0.1) is 6.61 Å². The number of H-pyrrole nitrogens is 1. The topological polar surface area (TPSA) is 74.4 Å². The summed E-state index contributed by atoms with van der Waals surface area (Å²) in [5.74, 6) is -0.0203. The maximum atomic E-state index is 13.0. The number of amides is 2. The molecule has 0 bridgehead atoms. The summed E-state index contributed by atoms with van der Waals surface area (Å²) in [6.07, 6.45) is 0.542. The molecule has 29 heavy (non-hydrogen) atoms. The molecule has 1 unspecified atom stereocenters. The van der Waals surface area contributed by atoms with Crippen LogP contribution in [-0.4, -0.2) is 40.9 Å². The van der Waals surface area contributed by atoms with Crippen molar-refractivity contribution in [1.82, 2.24) is 15.2 Å². The molecule has 2 N–H and O–H groups in total. The molecule has 1 aromatic heterocycles. The number of benzene rings is 2. The fraction of sp³-hybridized carbons (Fsp3) is 0.273. The number of aromatic amines is 1. The van der Waals surface area contributed by atoms with Gasteiger partial charge in [0.15, 0.2) is 0 Å². The van der Waals surface area contributed by atoms with Crippen LogP contribution in [0.3, 0.4) is 0 Å². The number of carbonyl (C=O) groups is 2. The van der Waals surface area contributed by atoms with Crippen LogP contribution < -0.4 is 10.1 Å². The second-order valence-electron chi connectivity index (χ2n) is 7.07. The number of nitrogens with one attached hydrogen (secondary N) is 2. The maximum absolute atomic E-state index is 13.0. The van der Waals surface area contributed by atoms with Crippen molar-refractivity contribution < 1.29 is 18.7 Å². The minimum absolute atomic E-state index is 0.127. The fourth-order valence-electron chi connectivity index (χ4n) is 3.56. The molecule has 1 atom stereocenters. The standard InChI is InChI=1S/C22H22FN3O3/c1-2-29-17-8-5-15-11-20(24-19(15)12-17)21(27)25-18-9-10-26(22(18)28)13-14-3-6-16(23)7-4-14/h3-8,11-12,18,24H,2,9-10,13H2,1H3,(H,25,27). The van der Waals surface area contributed by atoms with Crippen LogP contribution in [0, 0.1) is 5.82 Å². The van der Waals surface area contributed by atoms with Crippen molar-refractivity contribution in [1.29, 1.82) is 0 Å². The maximum Gasteiger partial charge on any atom is 0.268 e. The number of halogens is 1. The molecule has 1 aliphatic rings. The van der Waals surface area contributed by atoms with Gasteiger partial charge in [-0.25, -0.2) is 4.39 Å². The minimum Gasteiger partial charge on any atom is -0.494 e. The zero-order valence-corrected chi connectivity index (χ0v) is 16.1. The highest BCUT2D eigenvalue weighted by atomic mass is 19.1. The summed E-state index contributed by atoms with van der Waals surface area (Å²) in [4.78, 5) is 30.1. The molecule has 3 aromatic rings. The van der Waals surface area contributed by atoms with Gasteiger partial charge in [0.1, 0.15) is 23.3 Å². The van der Waals surface area contributed by atoms with Crippen LogP contribution >= 0.6 is 0 Å². The highest BCUT2D eigenvalue weighted by molar-refractivity contribution is 6.00. The summed E-state index contributed by atoms with van der Waals surface area (Å²) >= 11 is 0. The SMILES string of the molecule is CCOc1ccc2cc(C(=O)NC3CCN(Cc4ccc(F)cc4)C3=O)[nH]c2c1. The van der Waals surface area contributed by atoms with Gasteiger partial charge in [-0.2, -0.15) is 0 Å². The summed E-state index contributed by atoms with van der Waals surface area (Å²) in [5.41, 5.74) is 2.06. The Morgan fingerprint density at radius 1 is 1.24 bits per heavy atom. The Hall–Kier alpha value is -3.35. The first kappa shape index (κ1) is 19.0. The Bertz CT molecular complexity index is 1050. The van der Waals surface area contributed by atoms with Gasteiger partial charge in [-0.3, -0.25) is 9.59 Å². The van der Waals surface area contributed by atoms with Crippen molar-refractivity contribution in [3.63, 3.8) is 0 Å². The Labute approximate surface area is 167 Å². The first-order valence-electron chi connectivity index (χ1n) is 9.63. The molecule has 2 amide bonds. The molecule has 150 valence electrons. The number of fused-ring (bicyclic) bond motifs is 1. The second-order valence-corrected chi connectivity index (χ2v) is 7.07. The number of ether oxygens (including phenoxy) is 1. The highest BCUT2D eigenvalue weighted by Crippen LogP contribution is 2.22. The first-order chi connectivity index (χ1) is 14.0. The van der Waals surface area contributed by atoms with Crippen LogP contribution in [0.25, 0.3) is 10.9 Å². The summed E-state index contributed by atoms with van der Waals surface area (Å²) in [6.45, 7) is 3.43. The van der Waals surface area contributed by atoms with Gasteiger partial charge in [-0.15, -0.1) is 0 Å². The third kappa shape index (κ3) is 4.08. The molecule has 1 saturated heterocycles. The lowest BCUT2D eigenvalue weighted by Crippen LogP contribution is -2.41. The van der Waals surface area contributed by atoms with Crippen LogP contribution in [0.4, 0.5) is 4.39 Å². The molecule has 0 saturated carbocycles. The van der Waals surface area contributed by atoms with Gasteiger partial charge >= 0.3 is 0 Å². The van der Waals surface area contributed by atoms with Crippen LogP contribution in [0.2, 0.25) is 0 Å². The normalized spacial score (nSPS) is 16.4. The molecule has 2 heterocycles. The third-order valence-electron chi connectivity index (χ3n) is 5.04. The zero-order chi connectivity index (χ0) is 20.4. The smallest absolute Gasteiger partial charge is 0.268 e. The van der Waals surface area contributed by atoms with Crippen molar-refractivity contribution in [3.05, 3.63) is 65.6 Å². The molecule has 0 aliphatic carbocycles.